The Morgan fingerprint density at radius 2 is 1.38 bits per heavy atom. The van der Waals surface area contributed by atoms with Gasteiger partial charge in [-0.15, -0.1) is 0 Å². The predicted octanol–water partition coefficient (Wildman–Crippen LogP) is 3.65. The van der Waals surface area contributed by atoms with Gasteiger partial charge in [0.15, 0.2) is 0 Å². The van der Waals surface area contributed by atoms with Gasteiger partial charge in [-0.1, -0.05) is 19.4 Å². The minimum absolute atomic E-state index is 0. The van der Waals surface area contributed by atoms with E-state index in [9.17, 15) is 4.79 Å². The predicted molar refractivity (Wildman–Crippen MR) is 63.2 cm³/mol. The second kappa shape index (κ2) is 8.09. The molecular formula is C14H16FeO-6. The van der Waals surface area contributed by atoms with Crippen LogP contribution < -0.4 is 0 Å². The Morgan fingerprint density at radius 1 is 1.00 bits per heavy atom. The summed E-state index contributed by atoms with van der Waals surface area (Å²) in [6.07, 6.45) is 0. The molecule has 0 spiro atoms. The maximum Gasteiger partial charge on any atom is 0.111 e. The number of hydrogen-bond donors (Lipinski definition) is 0. The Balaban J connectivity index is 0.000000318. The van der Waals surface area contributed by atoms with Crippen LogP contribution in [0.15, 0.2) is 54.6 Å². The average molecular weight is 256 g/mol. The average Bonchev–Trinajstić information content (AvgIpc) is 2.92. The SMILES string of the molecule is CC(C)C(=O)[c-]1cccc1.[Fe].[cH-]1[cH-][cH-][cH-][cH-]1. The van der Waals surface area contributed by atoms with Gasteiger partial charge in [0.2, 0.25) is 0 Å². The van der Waals surface area contributed by atoms with E-state index in [0.29, 0.717) is 0 Å². The van der Waals surface area contributed by atoms with Gasteiger partial charge in [-0.3, -0.25) is 0 Å². The van der Waals surface area contributed by atoms with Gasteiger partial charge in [0.1, 0.15) is 5.78 Å². The van der Waals surface area contributed by atoms with Crippen LogP contribution >= 0.6 is 0 Å². The second-order valence-corrected chi connectivity index (χ2v) is 3.65. The first kappa shape index (κ1) is 14.9. The molecule has 0 bridgehead atoms. The van der Waals surface area contributed by atoms with Gasteiger partial charge in [-0.25, -0.2) is 12.1 Å². The minimum Gasteiger partial charge on any atom is -0.748 e. The van der Waals surface area contributed by atoms with E-state index in [1.165, 1.54) is 0 Å². The Morgan fingerprint density at radius 3 is 1.69 bits per heavy atom. The van der Waals surface area contributed by atoms with Gasteiger partial charge in [-0.2, -0.15) is 12.1 Å². The van der Waals surface area contributed by atoms with Crippen LogP contribution in [0.2, 0.25) is 0 Å². The van der Waals surface area contributed by atoms with Crippen molar-refractivity contribution in [1.82, 2.24) is 0 Å². The number of carbonyl (C=O) groups is 1. The standard InChI is InChI=1S/C9H11O.C5H5.Fe/c1-7(2)9(10)8-5-3-4-6-8;1-2-4-5-3-1;/h3-7H,1-2H3;1-5H;/q-1;-5;. The Bertz CT molecular complexity index is 340. The van der Waals surface area contributed by atoms with Gasteiger partial charge in [0.25, 0.3) is 0 Å². The first-order chi connectivity index (χ1) is 7.22. The first-order valence-electron chi connectivity index (χ1n) is 5.14. The van der Waals surface area contributed by atoms with Crippen molar-refractivity contribution >= 4 is 5.78 Å². The summed E-state index contributed by atoms with van der Waals surface area (Å²) in [7, 11) is 0. The third-order valence-corrected chi connectivity index (χ3v) is 2.03. The summed E-state index contributed by atoms with van der Waals surface area (Å²) in [5.41, 5.74) is 0.829. The molecule has 0 N–H and O–H groups in total. The normalized spacial score (nSPS) is 8.94. The van der Waals surface area contributed by atoms with Crippen LogP contribution in [-0.2, 0) is 17.1 Å². The van der Waals surface area contributed by atoms with Gasteiger partial charge >= 0.3 is 0 Å². The molecule has 16 heavy (non-hydrogen) atoms. The van der Waals surface area contributed by atoms with E-state index in [2.05, 4.69) is 0 Å². The minimum atomic E-state index is 0. The Kier molecular flexibility index (Phi) is 7.53. The summed E-state index contributed by atoms with van der Waals surface area (Å²) in [6, 6.07) is 17.5. The van der Waals surface area contributed by atoms with E-state index in [0.717, 1.165) is 5.56 Å². The Hall–Kier alpha value is -1.11. The van der Waals surface area contributed by atoms with Crippen molar-refractivity contribution in [2.75, 3.05) is 0 Å². The van der Waals surface area contributed by atoms with Crippen LogP contribution in [0.1, 0.15) is 24.2 Å². The van der Waals surface area contributed by atoms with Crippen molar-refractivity contribution in [2.24, 2.45) is 5.92 Å². The molecule has 0 atom stereocenters. The number of ketones is 1. The van der Waals surface area contributed by atoms with Crippen molar-refractivity contribution in [2.45, 2.75) is 13.8 Å². The van der Waals surface area contributed by atoms with Crippen LogP contribution in [0.4, 0.5) is 0 Å². The van der Waals surface area contributed by atoms with Gasteiger partial charge in [-0.05, 0) is 0 Å². The number of carbonyl (C=O) groups excluding carboxylic acids is 1. The van der Waals surface area contributed by atoms with Crippen LogP contribution in [0.3, 0.4) is 0 Å². The molecule has 2 aromatic carbocycles. The van der Waals surface area contributed by atoms with E-state index >= 15 is 0 Å². The van der Waals surface area contributed by atoms with Crippen LogP contribution in [0.25, 0.3) is 0 Å². The van der Waals surface area contributed by atoms with Gasteiger partial charge < -0.3 is 35.1 Å². The number of rotatable bonds is 2. The fourth-order valence-corrected chi connectivity index (χ4v) is 1.19. The van der Waals surface area contributed by atoms with Crippen molar-refractivity contribution in [3.05, 3.63) is 60.2 Å². The zero-order chi connectivity index (χ0) is 11.1. The maximum absolute atomic E-state index is 11.2. The quantitative estimate of drug-likeness (QED) is 0.455. The van der Waals surface area contributed by atoms with E-state index in [-0.39, 0.29) is 28.8 Å². The van der Waals surface area contributed by atoms with E-state index in [4.69, 9.17) is 0 Å². The molecule has 0 aliphatic rings. The molecule has 0 fully saturated rings. The molecule has 0 heterocycles. The number of hydrogen-bond acceptors (Lipinski definition) is 1. The topological polar surface area (TPSA) is 17.1 Å². The molecule has 0 aliphatic heterocycles. The fourth-order valence-electron chi connectivity index (χ4n) is 1.19. The molecule has 0 saturated carbocycles. The second-order valence-electron chi connectivity index (χ2n) is 3.65. The van der Waals surface area contributed by atoms with Crippen molar-refractivity contribution < 1.29 is 21.9 Å². The van der Waals surface area contributed by atoms with E-state index < -0.39 is 0 Å². The monoisotopic (exact) mass is 256 g/mol. The van der Waals surface area contributed by atoms with E-state index in [1.54, 1.807) is 0 Å². The molecule has 2 rings (SSSR count). The summed E-state index contributed by atoms with van der Waals surface area (Å²) < 4.78 is 0. The maximum atomic E-state index is 11.2. The molecule has 2 heteroatoms. The number of Topliss-reactive ketones (excluding diaryl/α,β-unsaturated/α-hetero) is 1. The molecule has 2 aromatic rings. The summed E-state index contributed by atoms with van der Waals surface area (Å²) >= 11 is 0. The van der Waals surface area contributed by atoms with Crippen molar-refractivity contribution in [1.29, 1.82) is 0 Å². The largest absolute Gasteiger partial charge is 0.748 e. The van der Waals surface area contributed by atoms with Gasteiger partial charge in [0.05, 0.1) is 0 Å². The third kappa shape index (κ3) is 5.11. The molecule has 0 amide bonds. The van der Waals surface area contributed by atoms with Crippen molar-refractivity contribution in [3.63, 3.8) is 0 Å². The van der Waals surface area contributed by atoms with Gasteiger partial charge in [0, 0.05) is 23.0 Å². The summed E-state index contributed by atoms with van der Waals surface area (Å²) in [5.74, 6) is 0.340. The van der Waals surface area contributed by atoms with Crippen LogP contribution in [0.5, 0.6) is 0 Å². The first-order valence-corrected chi connectivity index (χ1v) is 5.14. The third-order valence-electron chi connectivity index (χ3n) is 2.03. The zero-order valence-electron chi connectivity index (χ0n) is 9.54. The summed E-state index contributed by atoms with van der Waals surface area (Å²) in [4.78, 5) is 11.2. The molecule has 0 aromatic heterocycles. The molecule has 0 unspecified atom stereocenters. The molecule has 0 aliphatic carbocycles. The summed E-state index contributed by atoms with van der Waals surface area (Å²) in [6.45, 7) is 3.82. The molecular weight excluding hydrogens is 240 g/mol. The molecule has 0 saturated heterocycles. The molecule has 0 radical (unpaired) electrons. The van der Waals surface area contributed by atoms with Crippen LogP contribution in [-0.4, -0.2) is 5.78 Å². The van der Waals surface area contributed by atoms with E-state index in [1.807, 2.05) is 68.4 Å². The Labute approximate surface area is 108 Å². The van der Waals surface area contributed by atoms with Crippen molar-refractivity contribution in [3.8, 4) is 0 Å². The molecule has 92 valence electrons. The zero-order valence-corrected chi connectivity index (χ0v) is 10.6. The smallest absolute Gasteiger partial charge is 0.111 e. The fraction of sp³-hybridized carbons (Fsp3) is 0.214. The van der Waals surface area contributed by atoms with Crippen LogP contribution in [0, 0.1) is 5.92 Å². The summed E-state index contributed by atoms with van der Waals surface area (Å²) in [5, 5.41) is 0. The molecule has 1 nitrogen and oxygen atoms in total.